The number of amides is 3. The first-order valence-corrected chi connectivity index (χ1v) is 13.2. The molecule has 1 aromatic carbocycles. The highest BCUT2D eigenvalue weighted by atomic mass is 19.1. The average Bonchev–Trinajstić information content (AvgIpc) is 3.58. The lowest BCUT2D eigenvalue weighted by Gasteiger charge is -2.36. The van der Waals surface area contributed by atoms with Crippen LogP contribution in [0.1, 0.15) is 19.0 Å². The number of alkyl carbamates (subject to hydrolysis) is 1. The van der Waals surface area contributed by atoms with E-state index in [1.165, 1.54) is 26.6 Å². The van der Waals surface area contributed by atoms with Crippen molar-refractivity contribution >= 4 is 35.1 Å². The molecular formula is C25H29F2N9O6. The molecule has 2 saturated heterocycles. The number of nitrogens with zero attached hydrogens (tertiary/aromatic N) is 7. The van der Waals surface area contributed by atoms with Gasteiger partial charge in [-0.3, -0.25) is 24.4 Å². The van der Waals surface area contributed by atoms with Gasteiger partial charge in [0.15, 0.2) is 29.3 Å². The van der Waals surface area contributed by atoms with Crippen LogP contribution in [-0.4, -0.2) is 106 Å². The van der Waals surface area contributed by atoms with Crippen LogP contribution in [0.5, 0.6) is 0 Å². The molecule has 0 saturated carbocycles. The first kappa shape index (κ1) is 28.9. The summed E-state index contributed by atoms with van der Waals surface area (Å²) in [5.74, 6) is -1.84. The van der Waals surface area contributed by atoms with Gasteiger partial charge in [0.1, 0.15) is 11.8 Å². The van der Waals surface area contributed by atoms with Gasteiger partial charge in [-0.15, -0.1) is 10.2 Å². The van der Waals surface area contributed by atoms with Crippen molar-refractivity contribution in [1.82, 2.24) is 35.1 Å². The van der Waals surface area contributed by atoms with Crippen molar-refractivity contribution < 1.29 is 37.7 Å². The van der Waals surface area contributed by atoms with Crippen LogP contribution in [0.25, 0.3) is 5.65 Å². The Labute approximate surface area is 238 Å². The van der Waals surface area contributed by atoms with Gasteiger partial charge in [-0.2, -0.15) is 0 Å². The Balaban J connectivity index is 1.14. The monoisotopic (exact) mass is 589 g/mol. The van der Waals surface area contributed by atoms with E-state index in [2.05, 4.69) is 25.8 Å². The predicted octanol–water partition coefficient (Wildman–Crippen LogP) is 0.403. The summed E-state index contributed by atoms with van der Waals surface area (Å²) in [5.41, 5.74) is 0.157. The Morgan fingerprint density at radius 3 is 2.64 bits per heavy atom. The van der Waals surface area contributed by atoms with Crippen LogP contribution in [0.3, 0.4) is 0 Å². The van der Waals surface area contributed by atoms with E-state index in [1.807, 2.05) is 0 Å². The fraction of sp³-hybridized carbons (Fsp3) is 0.440. The fourth-order valence-electron chi connectivity index (χ4n) is 4.75. The third kappa shape index (κ3) is 6.15. The lowest BCUT2D eigenvalue weighted by Crippen LogP contribution is -2.51. The van der Waals surface area contributed by atoms with E-state index in [9.17, 15) is 19.5 Å². The second-order valence-corrected chi connectivity index (χ2v) is 9.49. The van der Waals surface area contributed by atoms with Crippen LogP contribution in [-0.2, 0) is 14.3 Å². The number of piperazine rings is 1. The summed E-state index contributed by atoms with van der Waals surface area (Å²) in [5, 5.41) is 23.4. The van der Waals surface area contributed by atoms with E-state index >= 15 is 8.78 Å². The molecule has 2 fully saturated rings. The van der Waals surface area contributed by atoms with Crippen molar-refractivity contribution in [2.24, 2.45) is 0 Å². The smallest absolute Gasteiger partial charge is 0.414 e. The van der Waals surface area contributed by atoms with Gasteiger partial charge in [0, 0.05) is 50.7 Å². The number of carbonyl (C=O) groups excluding carboxylic acids is 3. The second-order valence-electron chi connectivity index (χ2n) is 9.49. The van der Waals surface area contributed by atoms with Crippen LogP contribution in [0.2, 0.25) is 0 Å². The van der Waals surface area contributed by atoms with Gasteiger partial charge < -0.3 is 29.7 Å². The molecule has 224 valence electrons. The third-order valence-electron chi connectivity index (χ3n) is 6.82. The highest BCUT2D eigenvalue weighted by molar-refractivity contribution is 5.90. The molecule has 2 unspecified atom stereocenters. The molecule has 2 aliphatic heterocycles. The molecule has 0 bridgehead atoms. The number of ether oxygens (including phenoxy) is 2. The minimum absolute atomic E-state index is 0.0164. The first-order chi connectivity index (χ1) is 20.2. The van der Waals surface area contributed by atoms with Crippen LogP contribution in [0.15, 0.2) is 30.7 Å². The summed E-state index contributed by atoms with van der Waals surface area (Å²) >= 11 is 0. The summed E-state index contributed by atoms with van der Waals surface area (Å²) in [7, 11) is 0. The zero-order valence-corrected chi connectivity index (χ0v) is 22.6. The van der Waals surface area contributed by atoms with Gasteiger partial charge in [-0.25, -0.2) is 18.4 Å². The summed E-state index contributed by atoms with van der Waals surface area (Å²) < 4.78 is 41.8. The van der Waals surface area contributed by atoms with Gasteiger partial charge in [0.05, 0.1) is 38.1 Å². The van der Waals surface area contributed by atoms with E-state index in [-0.39, 0.29) is 75.5 Å². The maximum Gasteiger partial charge on any atom is 0.414 e. The number of fused-ring (bicyclic) bond motifs is 1. The van der Waals surface area contributed by atoms with Crippen molar-refractivity contribution in [2.75, 3.05) is 62.2 Å². The van der Waals surface area contributed by atoms with Crippen molar-refractivity contribution in [3.05, 3.63) is 48.2 Å². The molecule has 15 nitrogen and oxygen atoms in total. The number of hydrogen-bond acceptors (Lipinski definition) is 11. The van der Waals surface area contributed by atoms with Crippen LogP contribution >= 0.6 is 0 Å². The molecule has 42 heavy (non-hydrogen) atoms. The zero-order chi connectivity index (χ0) is 29.8. The summed E-state index contributed by atoms with van der Waals surface area (Å²) in [4.78, 5) is 44.6. The number of aliphatic hydroxyl groups is 1. The molecule has 0 aliphatic carbocycles. The molecule has 0 spiro atoms. The second kappa shape index (κ2) is 12.5. The zero-order valence-electron chi connectivity index (χ0n) is 22.6. The maximum atomic E-state index is 15.2. The van der Waals surface area contributed by atoms with Gasteiger partial charge in [-0.05, 0) is 6.92 Å². The molecule has 4 heterocycles. The van der Waals surface area contributed by atoms with Gasteiger partial charge in [0.2, 0.25) is 5.91 Å². The Kier molecular flexibility index (Phi) is 8.58. The molecule has 17 heteroatoms. The number of halogens is 2. The minimum Gasteiger partial charge on any atom is -0.450 e. The third-order valence-corrected chi connectivity index (χ3v) is 6.82. The molecule has 2 aliphatic rings. The number of nitrogens with one attached hydrogen (secondary N) is 2. The lowest BCUT2D eigenvalue weighted by molar-refractivity contribution is -0.131. The molecule has 2 aromatic heterocycles. The molecule has 3 amide bonds. The van der Waals surface area contributed by atoms with E-state index in [0.29, 0.717) is 5.65 Å². The molecule has 5 rings (SSSR count). The SMILES string of the molecule is CCOC(=O)NCC1CN(c2cc(F)c(N3CCN(C(=O)CNC(O)c4nnc5cnccn45)CC3)c(F)c2)C(=O)O1. The maximum absolute atomic E-state index is 15.2. The standard InChI is InChI=1S/C25H29F2N9O6/c1-2-41-24(39)30-11-16-14-36(25(40)42-16)15-9-17(26)21(18(27)10-15)34-7-5-33(6-8-34)20(37)13-29-23(38)22-32-31-19-12-28-3-4-35(19)22/h3-4,9-10,12,16,23,29,38H,2,5-8,11,13-14H2,1H3,(H,30,39). The Hall–Kier alpha value is -4.64. The van der Waals surface area contributed by atoms with Gasteiger partial charge >= 0.3 is 12.2 Å². The lowest BCUT2D eigenvalue weighted by atomic mass is 10.2. The first-order valence-electron chi connectivity index (χ1n) is 13.2. The Morgan fingerprint density at radius 1 is 1.19 bits per heavy atom. The van der Waals surface area contributed by atoms with Crippen molar-refractivity contribution in [3.8, 4) is 0 Å². The number of anilines is 2. The van der Waals surface area contributed by atoms with Crippen molar-refractivity contribution in [1.29, 1.82) is 0 Å². The number of benzene rings is 1. The van der Waals surface area contributed by atoms with Gasteiger partial charge in [0.25, 0.3) is 0 Å². The molecular weight excluding hydrogens is 560 g/mol. The quantitative estimate of drug-likeness (QED) is 0.296. The van der Waals surface area contributed by atoms with Crippen molar-refractivity contribution in [3.63, 3.8) is 0 Å². The summed E-state index contributed by atoms with van der Waals surface area (Å²) in [6.07, 6.45) is 1.15. The van der Waals surface area contributed by atoms with Crippen molar-refractivity contribution in [2.45, 2.75) is 19.3 Å². The number of aliphatic hydroxyl groups excluding tert-OH is 1. The van der Waals surface area contributed by atoms with Crippen LogP contribution in [0.4, 0.5) is 29.7 Å². The normalized spacial score (nSPS) is 17.9. The van der Waals surface area contributed by atoms with Gasteiger partial charge in [-0.1, -0.05) is 0 Å². The Morgan fingerprint density at radius 2 is 1.93 bits per heavy atom. The number of hydrogen-bond donors (Lipinski definition) is 3. The van der Waals surface area contributed by atoms with E-state index in [4.69, 9.17) is 9.47 Å². The van der Waals surface area contributed by atoms with E-state index in [0.717, 1.165) is 17.0 Å². The average molecular weight is 590 g/mol. The highest BCUT2D eigenvalue weighted by Gasteiger charge is 2.34. The number of aromatic nitrogens is 4. The molecule has 2 atom stereocenters. The molecule has 3 aromatic rings. The van der Waals surface area contributed by atoms with E-state index in [1.54, 1.807) is 13.1 Å². The topological polar surface area (TPSA) is 167 Å². The Bertz CT molecular complexity index is 1440. The number of carbonyl (C=O) groups is 3. The fourth-order valence-corrected chi connectivity index (χ4v) is 4.75. The highest BCUT2D eigenvalue weighted by Crippen LogP contribution is 2.31. The molecule has 0 radical (unpaired) electrons. The van der Waals surface area contributed by atoms with Crippen LogP contribution in [0, 0.1) is 11.6 Å². The minimum atomic E-state index is -1.26. The predicted molar refractivity (Wildman–Crippen MR) is 142 cm³/mol. The number of rotatable bonds is 9. The number of cyclic esters (lactones) is 1. The molecule has 3 N–H and O–H groups in total. The van der Waals surface area contributed by atoms with Crippen LogP contribution < -0.4 is 20.4 Å². The largest absolute Gasteiger partial charge is 0.450 e. The van der Waals surface area contributed by atoms with E-state index < -0.39 is 36.2 Å². The summed E-state index contributed by atoms with van der Waals surface area (Å²) in [6, 6.07) is 2.10. The summed E-state index contributed by atoms with van der Waals surface area (Å²) in [6.45, 7) is 2.33.